The lowest BCUT2D eigenvalue weighted by Gasteiger charge is -2.02. The van der Waals surface area contributed by atoms with E-state index in [-0.39, 0.29) is 5.02 Å². The number of aromatic nitrogens is 4. The molecular formula is C15H11ClFN5. The quantitative estimate of drug-likeness (QED) is 0.800. The third kappa shape index (κ3) is 3.12. The van der Waals surface area contributed by atoms with Crippen LogP contribution in [0.25, 0.3) is 11.8 Å². The largest absolute Gasteiger partial charge is 0.362 e. The molecule has 22 heavy (non-hydrogen) atoms. The molecule has 3 rings (SSSR count). The van der Waals surface area contributed by atoms with E-state index in [4.69, 9.17) is 11.6 Å². The van der Waals surface area contributed by atoms with E-state index in [1.165, 1.54) is 12.1 Å². The van der Waals surface area contributed by atoms with Crippen LogP contribution in [0.4, 0.5) is 10.1 Å². The number of halogens is 2. The van der Waals surface area contributed by atoms with E-state index in [0.29, 0.717) is 11.5 Å². The zero-order chi connectivity index (χ0) is 15.4. The van der Waals surface area contributed by atoms with E-state index in [9.17, 15) is 4.39 Å². The zero-order valence-corrected chi connectivity index (χ0v) is 12.1. The Morgan fingerprint density at radius 3 is 2.73 bits per heavy atom. The second-order valence-electron chi connectivity index (χ2n) is 4.39. The number of rotatable bonds is 4. The Bertz CT molecular complexity index is 801. The Morgan fingerprint density at radius 1 is 1.14 bits per heavy atom. The normalized spacial score (nSPS) is 11.0. The molecule has 0 aliphatic rings. The second kappa shape index (κ2) is 6.36. The minimum Gasteiger partial charge on any atom is -0.362 e. The van der Waals surface area contributed by atoms with Gasteiger partial charge >= 0.3 is 0 Å². The van der Waals surface area contributed by atoms with Gasteiger partial charge in [0.15, 0.2) is 5.82 Å². The van der Waals surface area contributed by atoms with E-state index in [0.717, 1.165) is 5.69 Å². The van der Waals surface area contributed by atoms with E-state index in [1.54, 1.807) is 23.0 Å². The number of anilines is 1. The van der Waals surface area contributed by atoms with Gasteiger partial charge in [0.1, 0.15) is 5.82 Å². The molecule has 0 spiro atoms. The van der Waals surface area contributed by atoms with E-state index in [1.807, 2.05) is 30.3 Å². The van der Waals surface area contributed by atoms with Crippen LogP contribution in [0, 0.1) is 5.82 Å². The summed E-state index contributed by atoms with van der Waals surface area (Å²) in [6.45, 7) is 0. The molecule has 2 aromatic carbocycles. The highest BCUT2D eigenvalue weighted by molar-refractivity contribution is 6.31. The van der Waals surface area contributed by atoms with Gasteiger partial charge in [-0.15, -0.1) is 5.10 Å². The molecule has 0 aliphatic carbocycles. The van der Waals surface area contributed by atoms with Crippen molar-refractivity contribution < 1.29 is 4.39 Å². The van der Waals surface area contributed by atoms with Crippen molar-refractivity contribution >= 4 is 23.4 Å². The fourth-order valence-corrected chi connectivity index (χ4v) is 2.03. The van der Waals surface area contributed by atoms with Gasteiger partial charge in [0.25, 0.3) is 0 Å². The summed E-state index contributed by atoms with van der Waals surface area (Å²) in [6, 6.07) is 13.9. The smallest absolute Gasteiger partial charge is 0.181 e. The minimum atomic E-state index is -0.454. The lowest BCUT2D eigenvalue weighted by Crippen LogP contribution is -1.99. The molecule has 110 valence electrons. The van der Waals surface area contributed by atoms with Crippen molar-refractivity contribution in [3.8, 4) is 5.69 Å². The maximum atomic E-state index is 13.1. The van der Waals surface area contributed by atoms with Crippen LogP contribution in [0.3, 0.4) is 0 Å². The summed E-state index contributed by atoms with van der Waals surface area (Å²) in [6.07, 6.45) is 3.37. The standard InChI is InChI=1S/C15H11ClFN5/c16-13-10-11(6-7-14(13)17)18-9-8-15-19-20-21-22(15)12-4-2-1-3-5-12/h1-10,18H/b9-8+. The second-order valence-corrected chi connectivity index (χ2v) is 4.80. The van der Waals surface area contributed by atoms with Crippen LogP contribution < -0.4 is 5.32 Å². The zero-order valence-electron chi connectivity index (χ0n) is 11.3. The molecule has 1 heterocycles. The van der Waals surface area contributed by atoms with Gasteiger partial charge in [0.05, 0.1) is 10.7 Å². The lowest BCUT2D eigenvalue weighted by atomic mass is 10.3. The summed E-state index contributed by atoms with van der Waals surface area (Å²) in [4.78, 5) is 0. The molecule has 0 aliphatic heterocycles. The van der Waals surface area contributed by atoms with Gasteiger partial charge in [-0.3, -0.25) is 0 Å². The van der Waals surface area contributed by atoms with Gasteiger partial charge in [0.2, 0.25) is 0 Å². The molecule has 0 unspecified atom stereocenters. The summed E-state index contributed by atoms with van der Waals surface area (Å²) in [5.74, 6) is 0.108. The Hall–Kier alpha value is -2.73. The van der Waals surface area contributed by atoms with Crippen molar-refractivity contribution in [3.63, 3.8) is 0 Å². The highest BCUT2D eigenvalue weighted by atomic mass is 35.5. The van der Waals surface area contributed by atoms with Gasteiger partial charge < -0.3 is 5.32 Å². The van der Waals surface area contributed by atoms with Crippen LogP contribution >= 0.6 is 11.6 Å². The number of para-hydroxylation sites is 1. The highest BCUT2D eigenvalue weighted by Gasteiger charge is 2.04. The molecule has 0 bridgehead atoms. The molecule has 1 N–H and O–H groups in total. The predicted molar refractivity (Wildman–Crippen MR) is 83.2 cm³/mol. The van der Waals surface area contributed by atoms with Crippen molar-refractivity contribution in [1.29, 1.82) is 0 Å². The summed E-state index contributed by atoms with van der Waals surface area (Å²) in [5, 5.41) is 14.6. The number of benzene rings is 2. The van der Waals surface area contributed by atoms with E-state index < -0.39 is 5.82 Å². The first-order chi connectivity index (χ1) is 10.7. The number of tetrazole rings is 1. The molecule has 3 aromatic rings. The average molecular weight is 316 g/mol. The number of hydrogen-bond donors (Lipinski definition) is 1. The molecule has 0 fully saturated rings. The van der Waals surface area contributed by atoms with Gasteiger partial charge in [-0.25, -0.2) is 4.39 Å². The van der Waals surface area contributed by atoms with Crippen molar-refractivity contribution in [2.75, 3.05) is 5.32 Å². The van der Waals surface area contributed by atoms with Crippen LogP contribution in [0.5, 0.6) is 0 Å². The molecule has 7 heteroatoms. The topological polar surface area (TPSA) is 55.6 Å². The first-order valence-electron chi connectivity index (χ1n) is 6.46. The average Bonchev–Trinajstić information content (AvgIpc) is 3.00. The van der Waals surface area contributed by atoms with Gasteiger partial charge in [-0.1, -0.05) is 29.8 Å². The third-order valence-electron chi connectivity index (χ3n) is 2.90. The summed E-state index contributed by atoms with van der Waals surface area (Å²) in [7, 11) is 0. The fourth-order valence-electron chi connectivity index (χ4n) is 1.85. The van der Waals surface area contributed by atoms with Crippen molar-refractivity contribution in [1.82, 2.24) is 20.2 Å². The molecule has 0 radical (unpaired) electrons. The molecule has 5 nitrogen and oxygen atoms in total. The summed E-state index contributed by atoms with van der Waals surface area (Å²) >= 11 is 5.72. The Labute approximate surface area is 131 Å². The molecule has 1 aromatic heterocycles. The van der Waals surface area contributed by atoms with Crippen molar-refractivity contribution in [2.24, 2.45) is 0 Å². The molecule has 0 amide bonds. The first-order valence-corrected chi connectivity index (χ1v) is 6.84. The molecule has 0 saturated heterocycles. The van der Waals surface area contributed by atoms with Gasteiger partial charge in [-0.05, 0) is 40.8 Å². The molecule has 0 saturated carbocycles. The van der Waals surface area contributed by atoms with Crippen LogP contribution in [-0.2, 0) is 0 Å². The fraction of sp³-hybridized carbons (Fsp3) is 0. The highest BCUT2D eigenvalue weighted by Crippen LogP contribution is 2.19. The monoisotopic (exact) mass is 315 g/mol. The van der Waals surface area contributed by atoms with Crippen LogP contribution in [0.15, 0.2) is 54.7 Å². The van der Waals surface area contributed by atoms with Crippen LogP contribution in [0.2, 0.25) is 5.02 Å². The van der Waals surface area contributed by atoms with E-state index in [2.05, 4.69) is 20.8 Å². The Kier molecular flexibility index (Phi) is 4.11. The van der Waals surface area contributed by atoms with Crippen LogP contribution in [-0.4, -0.2) is 20.2 Å². The maximum Gasteiger partial charge on any atom is 0.181 e. The van der Waals surface area contributed by atoms with Gasteiger partial charge in [-0.2, -0.15) is 4.68 Å². The van der Waals surface area contributed by atoms with Crippen molar-refractivity contribution in [3.05, 3.63) is 71.4 Å². The molecular weight excluding hydrogens is 305 g/mol. The lowest BCUT2D eigenvalue weighted by molar-refractivity contribution is 0.628. The summed E-state index contributed by atoms with van der Waals surface area (Å²) in [5.41, 5.74) is 1.53. The number of hydrogen-bond acceptors (Lipinski definition) is 4. The Balaban J connectivity index is 1.76. The number of nitrogens with one attached hydrogen (secondary N) is 1. The SMILES string of the molecule is Fc1ccc(N/C=C/c2nnnn2-c2ccccc2)cc1Cl. The van der Waals surface area contributed by atoms with Gasteiger partial charge in [0, 0.05) is 18.0 Å². The van der Waals surface area contributed by atoms with E-state index >= 15 is 0 Å². The molecule has 0 atom stereocenters. The first kappa shape index (κ1) is 14.2. The van der Waals surface area contributed by atoms with Crippen molar-refractivity contribution in [2.45, 2.75) is 0 Å². The predicted octanol–water partition coefficient (Wildman–Crippen LogP) is 3.54. The minimum absolute atomic E-state index is 0.0625. The maximum absolute atomic E-state index is 13.1. The van der Waals surface area contributed by atoms with Crippen LogP contribution in [0.1, 0.15) is 5.82 Å². The Morgan fingerprint density at radius 2 is 1.95 bits per heavy atom. The summed E-state index contributed by atoms with van der Waals surface area (Å²) < 4.78 is 14.7. The number of nitrogens with zero attached hydrogens (tertiary/aromatic N) is 4. The third-order valence-corrected chi connectivity index (χ3v) is 3.19.